The highest BCUT2D eigenvalue weighted by molar-refractivity contribution is 5.78. The van der Waals surface area contributed by atoms with Crippen LogP contribution in [-0.2, 0) is 16.0 Å². The molecule has 28 heavy (non-hydrogen) atoms. The van der Waals surface area contributed by atoms with Gasteiger partial charge in [0.15, 0.2) is 0 Å². The van der Waals surface area contributed by atoms with E-state index in [9.17, 15) is 4.79 Å². The summed E-state index contributed by atoms with van der Waals surface area (Å²) >= 11 is 0. The summed E-state index contributed by atoms with van der Waals surface area (Å²) in [4.78, 5) is 11.8. The molecule has 1 saturated heterocycles. The van der Waals surface area contributed by atoms with Crippen molar-refractivity contribution in [3.63, 3.8) is 0 Å². The average Bonchev–Trinajstić information content (AvgIpc) is 2.71. The van der Waals surface area contributed by atoms with Crippen LogP contribution in [0.5, 0.6) is 0 Å². The number of benzene rings is 1. The molecule has 158 valence electrons. The van der Waals surface area contributed by atoms with Gasteiger partial charge in [0.2, 0.25) is 0 Å². The number of hydrogen-bond acceptors (Lipinski definition) is 2. The maximum atomic E-state index is 11.8. The Labute approximate surface area is 173 Å². The van der Waals surface area contributed by atoms with E-state index in [0.717, 1.165) is 25.7 Å². The first-order valence-corrected chi connectivity index (χ1v) is 12.1. The van der Waals surface area contributed by atoms with Gasteiger partial charge in [0.25, 0.3) is 0 Å². The Balaban J connectivity index is 1.42. The van der Waals surface area contributed by atoms with Gasteiger partial charge in [-0.25, -0.2) is 0 Å². The maximum absolute atomic E-state index is 11.8. The molecule has 2 rings (SSSR count). The second kappa shape index (κ2) is 14.7. The summed E-state index contributed by atoms with van der Waals surface area (Å²) in [6, 6.07) is 10.6. The highest BCUT2D eigenvalue weighted by Crippen LogP contribution is 2.31. The van der Waals surface area contributed by atoms with Gasteiger partial charge >= 0.3 is 5.97 Å². The van der Waals surface area contributed by atoms with Crippen LogP contribution in [0.15, 0.2) is 30.3 Å². The van der Waals surface area contributed by atoms with Gasteiger partial charge in [0.1, 0.15) is 6.10 Å². The highest BCUT2D eigenvalue weighted by Gasteiger charge is 2.40. The van der Waals surface area contributed by atoms with Crippen LogP contribution in [-0.4, -0.2) is 12.1 Å². The minimum absolute atomic E-state index is 0.0489. The number of rotatable bonds is 17. The lowest BCUT2D eigenvalue weighted by molar-refractivity contribution is -0.186. The van der Waals surface area contributed by atoms with Crippen LogP contribution < -0.4 is 0 Å². The van der Waals surface area contributed by atoms with Crippen molar-refractivity contribution in [1.82, 2.24) is 0 Å². The molecule has 1 heterocycles. The Morgan fingerprint density at radius 1 is 0.714 bits per heavy atom. The molecule has 0 saturated carbocycles. The molecule has 0 bridgehead atoms. The van der Waals surface area contributed by atoms with E-state index in [0.29, 0.717) is 0 Å². The van der Waals surface area contributed by atoms with Gasteiger partial charge in [-0.2, -0.15) is 0 Å². The van der Waals surface area contributed by atoms with Crippen LogP contribution in [0, 0.1) is 5.92 Å². The van der Waals surface area contributed by atoms with Crippen LogP contribution in [0.4, 0.5) is 0 Å². The van der Waals surface area contributed by atoms with Crippen molar-refractivity contribution in [3.8, 4) is 0 Å². The van der Waals surface area contributed by atoms with E-state index in [1.165, 1.54) is 82.6 Å². The Kier molecular flexibility index (Phi) is 12.0. The first-order valence-electron chi connectivity index (χ1n) is 12.1. The predicted molar refractivity (Wildman–Crippen MR) is 118 cm³/mol. The third-order valence-corrected chi connectivity index (χ3v) is 6.18. The number of ether oxygens (including phenoxy) is 1. The number of aryl methyl sites for hydroxylation is 1. The third-order valence-electron chi connectivity index (χ3n) is 6.18. The lowest BCUT2D eigenvalue weighted by Gasteiger charge is -2.35. The summed E-state index contributed by atoms with van der Waals surface area (Å²) in [5.74, 6) is 0.228. The van der Waals surface area contributed by atoms with Gasteiger partial charge in [-0.15, -0.1) is 0 Å². The average molecular weight is 387 g/mol. The number of carbonyl (C=O) groups excluding carboxylic acids is 1. The summed E-state index contributed by atoms with van der Waals surface area (Å²) in [7, 11) is 0. The summed E-state index contributed by atoms with van der Waals surface area (Å²) in [6.45, 7) is 2.28. The van der Waals surface area contributed by atoms with Gasteiger partial charge in [-0.1, -0.05) is 108 Å². The molecule has 0 aliphatic carbocycles. The zero-order chi connectivity index (χ0) is 19.9. The van der Waals surface area contributed by atoms with Gasteiger partial charge in [0, 0.05) is 0 Å². The first-order chi connectivity index (χ1) is 13.8. The first kappa shape index (κ1) is 23.0. The lowest BCUT2D eigenvalue weighted by Crippen LogP contribution is -2.44. The van der Waals surface area contributed by atoms with Gasteiger partial charge in [0.05, 0.1) is 5.92 Å². The van der Waals surface area contributed by atoms with E-state index in [2.05, 4.69) is 37.3 Å². The maximum Gasteiger partial charge on any atom is 0.313 e. The van der Waals surface area contributed by atoms with Crippen LogP contribution in [0.1, 0.15) is 109 Å². The van der Waals surface area contributed by atoms with Crippen molar-refractivity contribution < 1.29 is 9.53 Å². The van der Waals surface area contributed by atoms with E-state index in [4.69, 9.17) is 4.74 Å². The van der Waals surface area contributed by atoms with Gasteiger partial charge in [-0.3, -0.25) is 4.79 Å². The number of cyclic esters (lactones) is 1. The molecule has 1 aromatic carbocycles. The molecule has 0 radical (unpaired) electrons. The second-order valence-electron chi connectivity index (χ2n) is 8.64. The van der Waals surface area contributed by atoms with Crippen molar-refractivity contribution in [3.05, 3.63) is 35.9 Å². The van der Waals surface area contributed by atoms with Crippen molar-refractivity contribution >= 4 is 5.97 Å². The smallest absolute Gasteiger partial charge is 0.313 e. The molecular weight excluding hydrogens is 344 g/mol. The monoisotopic (exact) mass is 386 g/mol. The van der Waals surface area contributed by atoms with Crippen LogP contribution in [0.3, 0.4) is 0 Å². The second-order valence-corrected chi connectivity index (χ2v) is 8.64. The highest BCUT2D eigenvalue weighted by atomic mass is 16.6. The Morgan fingerprint density at radius 2 is 1.29 bits per heavy atom. The molecule has 2 atom stereocenters. The summed E-state index contributed by atoms with van der Waals surface area (Å²) in [6.07, 6.45) is 20.8. The number of carbonyl (C=O) groups is 1. The van der Waals surface area contributed by atoms with E-state index < -0.39 is 0 Å². The van der Waals surface area contributed by atoms with Gasteiger partial charge < -0.3 is 4.74 Å². The number of unbranched alkanes of at least 4 members (excludes halogenated alkanes) is 11. The summed E-state index contributed by atoms with van der Waals surface area (Å²) in [5.41, 5.74) is 1.40. The molecule has 0 aromatic heterocycles. The minimum Gasteiger partial charge on any atom is -0.461 e. The molecule has 0 spiro atoms. The quantitative estimate of drug-likeness (QED) is 0.203. The van der Waals surface area contributed by atoms with E-state index in [1.54, 1.807) is 0 Å². The molecule has 1 fully saturated rings. The van der Waals surface area contributed by atoms with Crippen molar-refractivity contribution in [1.29, 1.82) is 0 Å². The molecular formula is C26H42O2. The minimum atomic E-state index is 0.0489. The largest absolute Gasteiger partial charge is 0.461 e. The van der Waals surface area contributed by atoms with Crippen molar-refractivity contribution in [2.45, 2.75) is 116 Å². The molecule has 2 heteroatoms. The zero-order valence-electron chi connectivity index (χ0n) is 18.2. The SMILES string of the molecule is CCCCCCCCCCCCC[C@@H]1OC(=O)[C@H]1CCCCc1ccccc1. The fourth-order valence-electron chi connectivity index (χ4n) is 4.31. The van der Waals surface area contributed by atoms with Crippen molar-refractivity contribution in [2.75, 3.05) is 0 Å². The van der Waals surface area contributed by atoms with Gasteiger partial charge in [-0.05, 0) is 37.7 Å². The van der Waals surface area contributed by atoms with Crippen LogP contribution in [0.25, 0.3) is 0 Å². The van der Waals surface area contributed by atoms with E-state index in [1.807, 2.05) is 0 Å². The molecule has 1 aromatic rings. The Hall–Kier alpha value is -1.31. The standard InChI is InChI=1S/C26H42O2/c1-2-3-4-5-6-7-8-9-10-11-15-22-25-24(26(27)28-25)21-17-16-20-23-18-13-12-14-19-23/h12-14,18-19,24-25H,2-11,15-17,20-22H2,1H3/t24-,25-/m0/s1. The molecule has 0 unspecified atom stereocenters. The van der Waals surface area contributed by atoms with E-state index in [-0.39, 0.29) is 18.0 Å². The fourth-order valence-corrected chi connectivity index (χ4v) is 4.31. The normalized spacial score (nSPS) is 18.7. The fraction of sp³-hybridized carbons (Fsp3) is 0.731. The van der Waals surface area contributed by atoms with Crippen molar-refractivity contribution in [2.24, 2.45) is 5.92 Å². The van der Waals surface area contributed by atoms with Crippen LogP contribution >= 0.6 is 0 Å². The predicted octanol–water partition coefficient (Wildman–Crippen LogP) is 7.64. The topological polar surface area (TPSA) is 26.3 Å². The third kappa shape index (κ3) is 9.26. The summed E-state index contributed by atoms with van der Waals surface area (Å²) in [5, 5.41) is 0. The molecule has 1 aliphatic rings. The molecule has 0 N–H and O–H groups in total. The summed E-state index contributed by atoms with van der Waals surface area (Å²) < 4.78 is 5.42. The number of esters is 1. The Bertz CT molecular complexity index is 510. The number of hydrogen-bond donors (Lipinski definition) is 0. The lowest BCUT2D eigenvalue weighted by atomic mass is 9.87. The molecule has 0 amide bonds. The molecule has 1 aliphatic heterocycles. The van der Waals surface area contributed by atoms with Crippen LogP contribution in [0.2, 0.25) is 0 Å². The zero-order valence-corrected chi connectivity index (χ0v) is 18.2. The van der Waals surface area contributed by atoms with E-state index >= 15 is 0 Å². The Morgan fingerprint density at radius 3 is 1.89 bits per heavy atom. The molecule has 2 nitrogen and oxygen atoms in total.